The van der Waals surface area contributed by atoms with Crippen LogP contribution in [-0.4, -0.2) is 43.8 Å². The van der Waals surface area contributed by atoms with E-state index < -0.39 is 34.9 Å². The van der Waals surface area contributed by atoms with Crippen LogP contribution < -0.4 is 0 Å². The van der Waals surface area contributed by atoms with Crippen molar-refractivity contribution in [3.05, 3.63) is 34.8 Å². The molecule has 3 aliphatic rings. The number of hydrogen-bond acceptors (Lipinski definition) is 5. The molecule has 2 aliphatic carbocycles. The van der Waals surface area contributed by atoms with Gasteiger partial charge in [0.25, 0.3) is 0 Å². The van der Waals surface area contributed by atoms with Crippen LogP contribution in [0.15, 0.2) is 17.9 Å². The summed E-state index contributed by atoms with van der Waals surface area (Å²) in [5.41, 5.74) is -1.12. The van der Waals surface area contributed by atoms with Gasteiger partial charge in [-0.1, -0.05) is 27.2 Å². The van der Waals surface area contributed by atoms with E-state index in [1.807, 2.05) is 6.92 Å². The molecule has 3 N–H and O–H groups in total. The third kappa shape index (κ3) is 3.60. The van der Waals surface area contributed by atoms with E-state index in [9.17, 15) is 29.7 Å². The standard InChI is InChI=1S/C25H31NO7/c1-23(2)9-5-10-24(3)16(23)8-11-25(4)17(24)12-14(19(33-25)22(31)32)13-6-7-15(20(27)28)26-18(13)21(29)30/h6-7,16-17H,5,8-12H2,1-4H3,(H,27,28)(H,29,30)(H,31,32)/t16-,17?,24-,25+/m0/s1. The van der Waals surface area contributed by atoms with Crippen LogP contribution in [-0.2, 0) is 9.53 Å². The Bertz CT molecular complexity index is 1070. The maximum absolute atomic E-state index is 12.2. The molecule has 0 spiro atoms. The van der Waals surface area contributed by atoms with Gasteiger partial charge in [0.1, 0.15) is 11.3 Å². The first-order chi connectivity index (χ1) is 15.3. The highest BCUT2D eigenvalue weighted by molar-refractivity contribution is 6.00. The van der Waals surface area contributed by atoms with Crippen LogP contribution >= 0.6 is 0 Å². The van der Waals surface area contributed by atoms with Crippen molar-refractivity contribution < 1.29 is 34.4 Å². The number of nitrogens with zero attached hydrogens (tertiary/aromatic N) is 1. The van der Waals surface area contributed by atoms with Crippen LogP contribution in [0.1, 0.15) is 92.8 Å². The Hall–Kier alpha value is -2.90. The Morgan fingerprint density at radius 3 is 2.24 bits per heavy atom. The van der Waals surface area contributed by atoms with E-state index >= 15 is 0 Å². The van der Waals surface area contributed by atoms with Crippen molar-refractivity contribution in [3.8, 4) is 0 Å². The Labute approximate surface area is 192 Å². The molecule has 4 rings (SSSR count). The molecule has 8 heteroatoms. The summed E-state index contributed by atoms with van der Waals surface area (Å²) in [6.45, 7) is 8.86. The number of pyridine rings is 1. The van der Waals surface area contributed by atoms with Gasteiger partial charge in [0, 0.05) is 17.1 Å². The van der Waals surface area contributed by atoms with Crippen molar-refractivity contribution in [3.63, 3.8) is 0 Å². The third-order valence-electron chi connectivity index (χ3n) is 8.59. The molecule has 0 amide bonds. The lowest BCUT2D eigenvalue weighted by Gasteiger charge is -2.63. The van der Waals surface area contributed by atoms with E-state index in [0.717, 1.165) is 32.1 Å². The summed E-state index contributed by atoms with van der Waals surface area (Å²) in [5.74, 6) is -3.86. The van der Waals surface area contributed by atoms with Gasteiger partial charge in [-0.2, -0.15) is 0 Å². The lowest BCUT2D eigenvalue weighted by Crippen LogP contribution is -2.59. The summed E-state index contributed by atoms with van der Waals surface area (Å²) < 4.78 is 6.24. The van der Waals surface area contributed by atoms with Gasteiger partial charge in [0.2, 0.25) is 5.76 Å². The predicted molar refractivity (Wildman–Crippen MR) is 119 cm³/mol. The molecular weight excluding hydrogens is 426 g/mol. The van der Waals surface area contributed by atoms with Crippen molar-refractivity contribution in [1.82, 2.24) is 4.98 Å². The molecule has 33 heavy (non-hydrogen) atoms. The van der Waals surface area contributed by atoms with E-state index in [1.54, 1.807) is 0 Å². The molecular formula is C25H31NO7. The Morgan fingerprint density at radius 1 is 0.939 bits per heavy atom. The topological polar surface area (TPSA) is 134 Å². The van der Waals surface area contributed by atoms with Gasteiger partial charge < -0.3 is 20.1 Å². The zero-order chi connectivity index (χ0) is 24.3. The highest BCUT2D eigenvalue weighted by atomic mass is 16.5. The fourth-order valence-electron chi connectivity index (χ4n) is 7.16. The molecule has 1 unspecified atom stereocenters. The van der Waals surface area contributed by atoms with Crippen LogP contribution in [0.25, 0.3) is 5.57 Å². The molecule has 0 saturated heterocycles. The fourth-order valence-corrected chi connectivity index (χ4v) is 7.16. The van der Waals surface area contributed by atoms with Crippen LogP contribution in [0.5, 0.6) is 0 Å². The number of aromatic carboxylic acids is 2. The van der Waals surface area contributed by atoms with Gasteiger partial charge in [-0.3, -0.25) is 0 Å². The van der Waals surface area contributed by atoms with Gasteiger partial charge >= 0.3 is 17.9 Å². The van der Waals surface area contributed by atoms with Crippen molar-refractivity contribution in [1.29, 1.82) is 0 Å². The quantitative estimate of drug-likeness (QED) is 0.592. The van der Waals surface area contributed by atoms with Crippen LogP contribution in [0.4, 0.5) is 0 Å². The van der Waals surface area contributed by atoms with E-state index in [1.165, 1.54) is 12.1 Å². The smallest absolute Gasteiger partial charge is 0.371 e. The van der Waals surface area contributed by atoms with Crippen molar-refractivity contribution in [2.24, 2.45) is 22.7 Å². The number of rotatable bonds is 4. The molecule has 0 radical (unpaired) electrons. The normalized spacial score (nSPS) is 32.8. The number of allylic oxidation sites excluding steroid dienone is 1. The molecule has 178 valence electrons. The molecule has 1 aromatic rings. The second-order valence-electron chi connectivity index (χ2n) is 10.9. The minimum atomic E-state index is -1.41. The first kappa shape index (κ1) is 23.3. The van der Waals surface area contributed by atoms with E-state index in [-0.39, 0.29) is 33.6 Å². The maximum atomic E-state index is 12.2. The summed E-state index contributed by atoms with van der Waals surface area (Å²) in [5, 5.41) is 29.0. The fraction of sp³-hybridized carbons (Fsp3) is 0.600. The molecule has 1 aromatic heterocycles. The number of carboxylic acids is 3. The predicted octanol–water partition coefficient (Wildman–Crippen LogP) is 4.70. The summed E-state index contributed by atoms with van der Waals surface area (Å²) >= 11 is 0. The Kier molecular flexibility index (Phi) is 5.34. The molecule has 4 atom stereocenters. The average molecular weight is 458 g/mol. The summed E-state index contributed by atoms with van der Waals surface area (Å²) in [7, 11) is 0. The lowest BCUT2D eigenvalue weighted by molar-refractivity contribution is -0.186. The SMILES string of the molecule is CC1(C)CCC[C@]2(C)C3CC(c4ccc(C(=O)O)nc4C(=O)O)=C(C(=O)O)O[C@]3(C)CC[C@@H]12. The lowest BCUT2D eigenvalue weighted by atomic mass is 9.44. The molecule has 1 aliphatic heterocycles. The molecule has 0 aromatic carbocycles. The number of carbonyl (C=O) groups is 3. The molecule has 2 heterocycles. The summed E-state index contributed by atoms with van der Waals surface area (Å²) in [4.78, 5) is 39.3. The van der Waals surface area contributed by atoms with E-state index in [2.05, 4.69) is 25.8 Å². The Morgan fingerprint density at radius 2 is 1.64 bits per heavy atom. The zero-order valence-corrected chi connectivity index (χ0v) is 19.5. The second-order valence-corrected chi connectivity index (χ2v) is 10.9. The third-order valence-corrected chi connectivity index (χ3v) is 8.59. The second kappa shape index (κ2) is 7.57. The number of hydrogen-bond donors (Lipinski definition) is 3. The van der Waals surface area contributed by atoms with Gasteiger partial charge in [0.15, 0.2) is 5.69 Å². The van der Waals surface area contributed by atoms with Gasteiger partial charge in [-0.25, -0.2) is 19.4 Å². The molecule has 2 fully saturated rings. The molecule has 2 saturated carbocycles. The van der Waals surface area contributed by atoms with Crippen LogP contribution in [0.2, 0.25) is 0 Å². The van der Waals surface area contributed by atoms with E-state index in [0.29, 0.717) is 12.3 Å². The summed E-state index contributed by atoms with van der Waals surface area (Å²) in [6.07, 6.45) is 5.25. The highest BCUT2D eigenvalue weighted by Gasteiger charge is 2.61. The number of ether oxygens (including phenoxy) is 1. The Balaban J connectivity index is 1.88. The number of aromatic nitrogens is 1. The highest BCUT2D eigenvalue weighted by Crippen LogP contribution is 2.65. The number of carboxylic acid groups (broad SMARTS) is 3. The van der Waals surface area contributed by atoms with Crippen molar-refractivity contribution in [2.75, 3.05) is 0 Å². The van der Waals surface area contributed by atoms with Crippen molar-refractivity contribution >= 4 is 23.5 Å². The first-order valence-electron chi connectivity index (χ1n) is 11.4. The van der Waals surface area contributed by atoms with Crippen LogP contribution in [0, 0.1) is 22.7 Å². The van der Waals surface area contributed by atoms with Gasteiger partial charge in [0.05, 0.1) is 0 Å². The first-order valence-corrected chi connectivity index (χ1v) is 11.4. The molecule has 8 nitrogen and oxygen atoms in total. The summed E-state index contributed by atoms with van der Waals surface area (Å²) in [6, 6.07) is 2.55. The monoisotopic (exact) mass is 457 g/mol. The van der Waals surface area contributed by atoms with E-state index in [4.69, 9.17) is 4.74 Å². The minimum Gasteiger partial charge on any atom is -0.480 e. The van der Waals surface area contributed by atoms with Crippen LogP contribution in [0.3, 0.4) is 0 Å². The van der Waals surface area contributed by atoms with Crippen molar-refractivity contribution in [2.45, 2.75) is 71.8 Å². The van der Waals surface area contributed by atoms with Gasteiger partial charge in [-0.15, -0.1) is 0 Å². The molecule has 0 bridgehead atoms. The number of aliphatic carboxylic acids is 1. The maximum Gasteiger partial charge on any atom is 0.371 e. The zero-order valence-electron chi connectivity index (χ0n) is 19.5. The average Bonchev–Trinajstić information content (AvgIpc) is 2.71. The largest absolute Gasteiger partial charge is 0.480 e. The number of fused-ring (bicyclic) bond motifs is 3. The minimum absolute atomic E-state index is 0.0118. The van der Waals surface area contributed by atoms with Gasteiger partial charge in [-0.05, 0) is 67.9 Å².